The molecule has 2 aromatic carbocycles. The SMILES string of the molecule is CC(c1ccccc1)c1cccc([N+](=O)[O-])c1O. The van der Waals surface area contributed by atoms with E-state index < -0.39 is 4.92 Å². The van der Waals surface area contributed by atoms with Gasteiger partial charge in [-0.3, -0.25) is 10.1 Å². The van der Waals surface area contributed by atoms with Gasteiger partial charge in [-0.15, -0.1) is 0 Å². The molecule has 0 heterocycles. The number of rotatable bonds is 3. The lowest BCUT2D eigenvalue weighted by atomic mass is 9.92. The average molecular weight is 243 g/mol. The monoisotopic (exact) mass is 243 g/mol. The Balaban J connectivity index is 2.46. The highest BCUT2D eigenvalue weighted by Crippen LogP contribution is 2.36. The molecule has 0 fully saturated rings. The number of nitro groups is 1. The standard InChI is InChI=1S/C14H13NO3/c1-10(11-6-3-2-4-7-11)12-8-5-9-13(14(12)16)15(17)18/h2-10,16H,1H3. The second kappa shape index (κ2) is 4.87. The first kappa shape index (κ1) is 12.1. The predicted molar refractivity (Wildman–Crippen MR) is 68.7 cm³/mol. The summed E-state index contributed by atoms with van der Waals surface area (Å²) in [6, 6.07) is 14.2. The van der Waals surface area contributed by atoms with E-state index in [0.717, 1.165) is 5.56 Å². The largest absolute Gasteiger partial charge is 0.502 e. The summed E-state index contributed by atoms with van der Waals surface area (Å²) in [5, 5.41) is 20.7. The van der Waals surface area contributed by atoms with Crippen LogP contribution in [0.1, 0.15) is 24.0 Å². The van der Waals surface area contributed by atoms with Gasteiger partial charge in [0.1, 0.15) is 0 Å². The smallest absolute Gasteiger partial charge is 0.311 e. The van der Waals surface area contributed by atoms with Crippen LogP contribution in [-0.2, 0) is 0 Å². The van der Waals surface area contributed by atoms with Gasteiger partial charge in [0, 0.05) is 17.5 Å². The molecular weight excluding hydrogens is 230 g/mol. The fraction of sp³-hybridized carbons (Fsp3) is 0.143. The van der Waals surface area contributed by atoms with Crippen LogP contribution in [0, 0.1) is 10.1 Å². The minimum atomic E-state index is -0.573. The Bertz CT molecular complexity index is 567. The van der Waals surface area contributed by atoms with E-state index in [2.05, 4.69) is 0 Å². The Hall–Kier alpha value is -2.36. The average Bonchev–Trinajstić information content (AvgIpc) is 2.39. The summed E-state index contributed by atoms with van der Waals surface area (Å²) in [6.45, 7) is 1.91. The molecule has 0 aliphatic rings. The van der Waals surface area contributed by atoms with Gasteiger partial charge in [0.05, 0.1) is 4.92 Å². The Morgan fingerprint density at radius 3 is 2.39 bits per heavy atom. The molecule has 1 unspecified atom stereocenters. The zero-order chi connectivity index (χ0) is 13.1. The summed E-state index contributed by atoms with van der Waals surface area (Å²) in [6.07, 6.45) is 0. The maximum Gasteiger partial charge on any atom is 0.311 e. The number of hydrogen-bond acceptors (Lipinski definition) is 3. The van der Waals surface area contributed by atoms with Gasteiger partial charge in [0.25, 0.3) is 0 Å². The first-order valence-electron chi connectivity index (χ1n) is 5.62. The van der Waals surface area contributed by atoms with Gasteiger partial charge >= 0.3 is 5.69 Å². The number of nitro benzene ring substituents is 1. The zero-order valence-electron chi connectivity index (χ0n) is 9.91. The molecule has 1 atom stereocenters. The van der Waals surface area contributed by atoms with Crippen molar-refractivity contribution in [3.63, 3.8) is 0 Å². The van der Waals surface area contributed by atoms with Crippen molar-refractivity contribution in [3.05, 3.63) is 69.8 Å². The molecule has 0 aliphatic heterocycles. The van der Waals surface area contributed by atoms with Gasteiger partial charge < -0.3 is 5.11 Å². The third-order valence-electron chi connectivity index (χ3n) is 3.01. The van der Waals surface area contributed by atoms with E-state index in [1.54, 1.807) is 12.1 Å². The number of hydrogen-bond donors (Lipinski definition) is 1. The van der Waals surface area contributed by atoms with Crippen LogP contribution < -0.4 is 0 Å². The van der Waals surface area contributed by atoms with Crippen molar-refractivity contribution in [2.24, 2.45) is 0 Å². The molecule has 4 heteroatoms. The summed E-state index contributed by atoms with van der Waals surface area (Å²) >= 11 is 0. The normalized spacial score (nSPS) is 12.1. The molecule has 0 aliphatic carbocycles. The van der Waals surface area contributed by atoms with Crippen LogP contribution in [0.15, 0.2) is 48.5 Å². The van der Waals surface area contributed by atoms with E-state index >= 15 is 0 Å². The van der Waals surface area contributed by atoms with Crippen LogP contribution in [0.3, 0.4) is 0 Å². The fourth-order valence-corrected chi connectivity index (χ4v) is 1.97. The molecular formula is C14H13NO3. The van der Waals surface area contributed by atoms with Crippen molar-refractivity contribution in [1.29, 1.82) is 0 Å². The second-order valence-electron chi connectivity index (χ2n) is 4.10. The summed E-state index contributed by atoms with van der Waals surface area (Å²) < 4.78 is 0. The number of aromatic hydroxyl groups is 1. The highest BCUT2D eigenvalue weighted by molar-refractivity contribution is 5.53. The third kappa shape index (κ3) is 2.18. The summed E-state index contributed by atoms with van der Waals surface area (Å²) in [5.41, 5.74) is 1.32. The first-order valence-corrected chi connectivity index (χ1v) is 5.62. The molecule has 2 aromatic rings. The molecule has 0 bridgehead atoms. The first-order chi connectivity index (χ1) is 8.61. The highest BCUT2D eigenvalue weighted by Gasteiger charge is 2.20. The number of phenols is 1. The van der Waals surface area contributed by atoms with E-state index in [4.69, 9.17) is 0 Å². The van der Waals surface area contributed by atoms with Crippen LogP contribution in [0.2, 0.25) is 0 Å². The molecule has 0 saturated heterocycles. The summed E-state index contributed by atoms with van der Waals surface area (Å²) in [7, 11) is 0. The van der Waals surface area contributed by atoms with Gasteiger partial charge in [-0.2, -0.15) is 0 Å². The van der Waals surface area contributed by atoms with E-state index in [-0.39, 0.29) is 17.4 Å². The van der Waals surface area contributed by atoms with Crippen LogP contribution in [0.4, 0.5) is 5.69 Å². The number of phenolic OH excluding ortho intramolecular Hbond substituents is 1. The van der Waals surface area contributed by atoms with Crippen molar-refractivity contribution >= 4 is 5.69 Å². The lowest BCUT2D eigenvalue weighted by Gasteiger charge is -2.13. The van der Waals surface area contributed by atoms with Crippen LogP contribution in [-0.4, -0.2) is 10.0 Å². The number of benzene rings is 2. The molecule has 92 valence electrons. The Morgan fingerprint density at radius 2 is 1.78 bits per heavy atom. The molecule has 0 radical (unpaired) electrons. The van der Waals surface area contributed by atoms with E-state index in [1.807, 2.05) is 37.3 Å². The predicted octanol–water partition coefficient (Wildman–Crippen LogP) is 3.45. The second-order valence-corrected chi connectivity index (χ2v) is 4.10. The van der Waals surface area contributed by atoms with Gasteiger partial charge in [0.15, 0.2) is 5.75 Å². The van der Waals surface area contributed by atoms with Crippen molar-refractivity contribution in [1.82, 2.24) is 0 Å². The molecule has 0 aromatic heterocycles. The maximum absolute atomic E-state index is 10.8. The van der Waals surface area contributed by atoms with E-state index in [1.165, 1.54) is 6.07 Å². The lowest BCUT2D eigenvalue weighted by Crippen LogP contribution is -1.98. The van der Waals surface area contributed by atoms with Gasteiger partial charge in [-0.25, -0.2) is 0 Å². The Kier molecular flexibility index (Phi) is 3.28. The van der Waals surface area contributed by atoms with E-state index in [9.17, 15) is 15.2 Å². The van der Waals surface area contributed by atoms with Crippen LogP contribution in [0.5, 0.6) is 5.75 Å². The molecule has 18 heavy (non-hydrogen) atoms. The molecule has 2 rings (SSSR count). The molecule has 0 spiro atoms. The quantitative estimate of drug-likeness (QED) is 0.663. The highest BCUT2D eigenvalue weighted by atomic mass is 16.6. The third-order valence-corrected chi connectivity index (χ3v) is 3.01. The minimum Gasteiger partial charge on any atom is -0.502 e. The summed E-state index contributed by atoms with van der Waals surface area (Å²) in [4.78, 5) is 10.2. The van der Waals surface area contributed by atoms with Crippen molar-refractivity contribution in [2.75, 3.05) is 0 Å². The van der Waals surface area contributed by atoms with Crippen LogP contribution >= 0.6 is 0 Å². The molecule has 0 amide bonds. The topological polar surface area (TPSA) is 63.4 Å². The van der Waals surface area contributed by atoms with Gasteiger partial charge in [-0.05, 0) is 5.56 Å². The Morgan fingerprint density at radius 1 is 1.11 bits per heavy atom. The summed E-state index contributed by atoms with van der Waals surface area (Å²) in [5.74, 6) is -0.343. The van der Waals surface area contributed by atoms with Crippen LogP contribution in [0.25, 0.3) is 0 Å². The Labute approximate surface area is 105 Å². The molecule has 0 saturated carbocycles. The lowest BCUT2D eigenvalue weighted by molar-refractivity contribution is -0.385. The number of nitrogens with zero attached hydrogens (tertiary/aromatic N) is 1. The van der Waals surface area contributed by atoms with Crippen molar-refractivity contribution in [2.45, 2.75) is 12.8 Å². The van der Waals surface area contributed by atoms with Gasteiger partial charge in [0.2, 0.25) is 0 Å². The number of para-hydroxylation sites is 1. The fourth-order valence-electron chi connectivity index (χ4n) is 1.97. The molecule has 4 nitrogen and oxygen atoms in total. The van der Waals surface area contributed by atoms with Gasteiger partial charge in [-0.1, -0.05) is 49.4 Å². The zero-order valence-corrected chi connectivity index (χ0v) is 9.91. The van der Waals surface area contributed by atoms with Crippen molar-refractivity contribution < 1.29 is 10.0 Å². The minimum absolute atomic E-state index is 0.0916. The maximum atomic E-state index is 10.8. The van der Waals surface area contributed by atoms with E-state index in [0.29, 0.717) is 5.56 Å². The van der Waals surface area contributed by atoms with Crippen molar-refractivity contribution in [3.8, 4) is 5.75 Å². The molecule has 1 N–H and O–H groups in total.